The number of hydrogen-bond donors (Lipinski definition) is 2. The highest BCUT2D eigenvalue weighted by molar-refractivity contribution is 6.06. The van der Waals surface area contributed by atoms with Crippen LogP contribution in [0.15, 0.2) is 42.1 Å². The van der Waals surface area contributed by atoms with E-state index < -0.39 is 11.9 Å². The zero-order valence-corrected chi connectivity index (χ0v) is 7.68. The van der Waals surface area contributed by atoms with Gasteiger partial charge in [0.2, 0.25) is 0 Å². The third kappa shape index (κ3) is 3.12. The van der Waals surface area contributed by atoms with Gasteiger partial charge < -0.3 is 11.1 Å². The molecule has 15 heavy (non-hydrogen) atoms. The standard InChI is InChI=1S/C10H9F3N2/c11-10(12,13)9(15)6-8(14)7-4-2-1-3-5-7/h1-6,14H,15H2/b9-6-,14-8?. The van der Waals surface area contributed by atoms with Gasteiger partial charge in [0.05, 0.1) is 5.71 Å². The average molecular weight is 214 g/mol. The molecule has 0 bridgehead atoms. The lowest BCUT2D eigenvalue weighted by Gasteiger charge is -2.06. The molecule has 0 spiro atoms. The summed E-state index contributed by atoms with van der Waals surface area (Å²) in [6.45, 7) is 0. The molecular weight excluding hydrogens is 205 g/mol. The molecule has 2 nitrogen and oxygen atoms in total. The average Bonchev–Trinajstić information content (AvgIpc) is 2.17. The fraction of sp³-hybridized carbons (Fsp3) is 0.100. The summed E-state index contributed by atoms with van der Waals surface area (Å²) < 4.78 is 36.1. The molecule has 0 aliphatic rings. The molecule has 1 aromatic carbocycles. The van der Waals surface area contributed by atoms with Crippen LogP contribution in [0.3, 0.4) is 0 Å². The van der Waals surface area contributed by atoms with Gasteiger partial charge in [-0.05, 0) is 11.6 Å². The van der Waals surface area contributed by atoms with E-state index >= 15 is 0 Å². The molecule has 0 heterocycles. The number of hydrogen-bond acceptors (Lipinski definition) is 2. The number of nitrogens with two attached hydrogens (primary N) is 1. The van der Waals surface area contributed by atoms with E-state index in [0.717, 1.165) is 0 Å². The molecule has 0 radical (unpaired) electrons. The molecular formula is C10H9F3N2. The van der Waals surface area contributed by atoms with Crippen LogP contribution in [-0.2, 0) is 0 Å². The molecule has 1 aromatic rings. The zero-order chi connectivity index (χ0) is 11.5. The first-order chi connectivity index (χ1) is 6.91. The summed E-state index contributed by atoms with van der Waals surface area (Å²) in [6.07, 6.45) is -3.98. The Morgan fingerprint density at radius 1 is 1.20 bits per heavy atom. The SMILES string of the molecule is N=C(/C=C(\N)C(F)(F)F)c1ccccc1. The van der Waals surface area contributed by atoms with Gasteiger partial charge in [0.1, 0.15) is 5.70 Å². The van der Waals surface area contributed by atoms with Gasteiger partial charge in [-0.1, -0.05) is 30.3 Å². The van der Waals surface area contributed by atoms with Gasteiger partial charge in [0.25, 0.3) is 0 Å². The Hall–Kier alpha value is -1.78. The topological polar surface area (TPSA) is 49.9 Å². The molecule has 0 aromatic heterocycles. The molecule has 5 heteroatoms. The summed E-state index contributed by atoms with van der Waals surface area (Å²) in [5.74, 6) is 0. The van der Waals surface area contributed by atoms with Crippen molar-refractivity contribution in [2.75, 3.05) is 0 Å². The van der Waals surface area contributed by atoms with Crippen LogP contribution in [0.4, 0.5) is 13.2 Å². The van der Waals surface area contributed by atoms with Crippen molar-refractivity contribution in [2.45, 2.75) is 6.18 Å². The Morgan fingerprint density at radius 2 is 1.73 bits per heavy atom. The number of benzene rings is 1. The van der Waals surface area contributed by atoms with E-state index in [9.17, 15) is 13.2 Å². The van der Waals surface area contributed by atoms with Crippen molar-refractivity contribution in [3.8, 4) is 0 Å². The maximum atomic E-state index is 12.0. The zero-order valence-electron chi connectivity index (χ0n) is 7.68. The van der Waals surface area contributed by atoms with Crippen LogP contribution in [0, 0.1) is 5.41 Å². The lowest BCUT2D eigenvalue weighted by Crippen LogP contribution is -2.20. The Morgan fingerprint density at radius 3 is 2.20 bits per heavy atom. The minimum absolute atomic E-state index is 0.259. The first kappa shape index (κ1) is 11.3. The predicted octanol–water partition coefficient (Wildman–Crippen LogP) is 2.46. The van der Waals surface area contributed by atoms with Crippen LogP contribution in [0.1, 0.15) is 5.56 Å². The molecule has 0 saturated carbocycles. The lowest BCUT2D eigenvalue weighted by atomic mass is 10.1. The Kier molecular flexibility index (Phi) is 3.14. The molecule has 0 saturated heterocycles. The Bertz CT molecular complexity index is 379. The van der Waals surface area contributed by atoms with Gasteiger partial charge in [0, 0.05) is 0 Å². The highest BCUT2D eigenvalue weighted by Crippen LogP contribution is 2.21. The highest BCUT2D eigenvalue weighted by Gasteiger charge is 2.31. The molecule has 0 atom stereocenters. The molecule has 80 valence electrons. The number of allylic oxidation sites excluding steroid dienone is 2. The van der Waals surface area contributed by atoms with Crippen molar-refractivity contribution in [1.82, 2.24) is 0 Å². The van der Waals surface area contributed by atoms with Gasteiger partial charge in [-0.3, -0.25) is 0 Å². The van der Waals surface area contributed by atoms with Gasteiger partial charge in [-0.2, -0.15) is 13.2 Å². The number of halogens is 3. The fourth-order valence-corrected chi connectivity index (χ4v) is 0.938. The second-order valence-electron chi connectivity index (χ2n) is 2.88. The molecule has 1 rings (SSSR count). The minimum atomic E-state index is -4.58. The smallest absolute Gasteiger partial charge is 0.395 e. The number of alkyl halides is 3. The normalized spacial score (nSPS) is 12.6. The van der Waals surface area contributed by atoms with Crippen LogP contribution < -0.4 is 5.73 Å². The molecule has 0 unspecified atom stereocenters. The van der Waals surface area contributed by atoms with Gasteiger partial charge >= 0.3 is 6.18 Å². The highest BCUT2D eigenvalue weighted by atomic mass is 19.4. The third-order valence-corrected chi connectivity index (χ3v) is 1.71. The van der Waals surface area contributed by atoms with Crippen molar-refractivity contribution < 1.29 is 13.2 Å². The van der Waals surface area contributed by atoms with E-state index in [1.54, 1.807) is 30.3 Å². The molecule has 0 fully saturated rings. The Labute approximate surface area is 84.7 Å². The predicted molar refractivity (Wildman–Crippen MR) is 51.6 cm³/mol. The summed E-state index contributed by atoms with van der Waals surface area (Å²) in [6, 6.07) is 8.08. The molecule has 0 amide bonds. The van der Waals surface area contributed by atoms with E-state index in [1.165, 1.54) is 0 Å². The van der Waals surface area contributed by atoms with E-state index in [1.807, 2.05) is 0 Å². The summed E-state index contributed by atoms with van der Waals surface area (Å²) >= 11 is 0. The summed E-state index contributed by atoms with van der Waals surface area (Å²) in [4.78, 5) is 0. The van der Waals surface area contributed by atoms with E-state index in [-0.39, 0.29) is 5.71 Å². The fourth-order valence-electron chi connectivity index (χ4n) is 0.938. The first-order valence-corrected chi connectivity index (χ1v) is 4.09. The van der Waals surface area contributed by atoms with Crippen molar-refractivity contribution in [3.05, 3.63) is 47.7 Å². The van der Waals surface area contributed by atoms with Gasteiger partial charge in [0.15, 0.2) is 0 Å². The molecule has 0 aliphatic heterocycles. The van der Waals surface area contributed by atoms with Crippen LogP contribution in [0.5, 0.6) is 0 Å². The monoisotopic (exact) mass is 214 g/mol. The van der Waals surface area contributed by atoms with Crippen LogP contribution in [0.2, 0.25) is 0 Å². The van der Waals surface area contributed by atoms with Crippen LogP contribution >= 0.6 is 0 Å². The Balaban J connectivity index is 2.90. The molecule has 3 N–H and O–H groups in total. The molecule has 0 aliphatic carbocycles. The van der Waals surface area contributed by atoms with E-state index in [4.69, 9.17) is 11.1 Å². The quantitative estimate of drug-likeness (QED) is 0.730. The van der Waals surface area contributed by atoms with Gasteiger partial charge in [-0.15, -0.1) is 0 Å². The van der Waals surface area contributed by atoms with Gasteiger partial charge in [-0.25, -0.2) is 0 Å². The van der Waals surface area contributed by atoms with Crippen molar-refractivity contribution in [2.24, 2.45) is 5.73 Å². The van der Waals surface area contributed by atoms with E-state index in [0.29, 0.717) is 11.6 Å². The van der Waals surface area contributed by atoms with E-state index in [2.05, 4.69) is 0 Å². The summed E-state index contributed by atoms with van der Waals surface area (Å²) in [7, 11) is 0. The van der Waals surface area contributed by atoms with Crippen molar-refractivity contribution in [1.29, 1.82) is 5.41 Å². The number of rotatable bonds is 2. The summed E-state index contributed by atoms with van der Waals surface area (Å²) in [5.41, 5.74) is 3.65. The second-order valence-corrected chi connectivity index (χ2v) is 2.88. The maximum absolute atomic E-state index is 12.0. The number of nitrogens with one attached hydrogen (secondary N) is 1. The van der Waals surface area contributed by atoms with Crippen molar-refractivity contribution in [3.63, 3.8) is 0 Å². The maximum Gasteiger partial charge on any atom is 0.430 e. The largest absolute Gasteiger partial charge is 0.430 e. The summed E-state index contributed by atoms with van der Waals surface area (Å²) in [5, 5.41) is 7.38. The van der Waals surface area contributed by atoms with Crippen LogP contribution in [-0.4, -0.2) is 11.9 Å². The van der Waals surface area contributed by atoms with Crippen LogP contribution in [0.25, 0.3) is 0 Å². The minimum Gasteiger partial charge on any atom is -0.395 e. The van der Waals surface area contributed by atoms with Crippen molar-refractivity contribution >= 4 is 5.71 Å². The lowest BCUT2D eigenvalue weighted by molar-refractivity contribution is -0.0925. The first-order valence-electron chi connectivity index (χ1n) is 4.09. The third-order valence-electron chi connectivity index (χ3n) is 1.71. The second kappa shape index (κ2) is 4.16.